The minimum Gasteiger partial charge on any atom is -0.339 e. The molecule has 1 amide bonds. The Hall–Kier alpha value is -2.48. The Balaban J connectivity index is 1.54. The minimum atomic E-state index is -0.00740. The monoisotopic (exact) mass is 329 g/mol. The van der Waals surface area contributed by atoms with Crippen molar-refractivity contribution in [3.05, 3.63) is 29.8 Å². The number of hydrogen-bond donors (Lipinski definition) is 2. The number of carbonyl (C=O) groups is 1. The molecule has 0 aromatic carbocycles. The summed E-state index contributed by atoms with van der Waals surface area (Å²) in [5.41, 5.74) is 2.47. The zero-order chi connectivity index (χ0) is 16.9. The molecule has 0 spiro atoms. The van der Waals surface area contributed by atoms with E-state index in [1.165, 1.54) is 0 Å². The second-order valence-electron chi connectivity index (χ2n) is 6.02. The van der Waals surface area contributed by atoms with Crippen molar-refractivity contribution in [1.82, 2.24) is 25.1 Å². The second kappa shape index (κ2) is 7.39. The van der Waals surface area contributed by atoms with Crippen LogP contribution >= 0.6 is 0 Å². The normalized spacial score (nSPS) is 16.0. The number of carbonyl (C=O) groups excluding carboxylic acids is 1. The van der Waals surface area contributed by atoms with E-state index in [9.17, 15) is 4.79 Å². The van der Waals surface area contributed by atoms with Crippen molar-refractivity contribution in [2.75, 3.05) is 42.9 Å². The van der Waals surface area contributed by atoms with Gasteiger partial charge in [0.1, 0.15) is 0 Å². The Morgan fingerprint density at radius 2 is 2.00 bits per heavy atom. The molecule has 8 nitrogen and oxygen atoms in total. The van der Waals surface area contributed by atoms with E-state index in [1.54, 1.807) is 12.4 Å². The molecule has 1 saturated heterocycles. The number of nitrogens with one attached hydrogen (secondary N) is 2. The van der Waals surface area contributed by atoms with Crippen LogP contribution in [0, 0.1) is 13.8 Å². The van der Waals surface area contributed by atoms with Crippen LogP contribution in [0.3, 0.4) is 0 Å². The first-order valence-electron chi connectivity index (χ1n) is 8.19. The summed E-state index contributed by atoms with van der Waals surface area (Å²) >= 11 is 0. The summed E-state index contributed by atoms with van der Waals surface area (Å²) in [7, 11) is 0. The fraction of sp³-hybridized carbons (Fsp3) is 0.500. The number of rotatable bonds is 4. The summed E-state index contributed by atoms with van der Waals surface area (Å²) in [6.07, 6.45) is 4.50. The summed E-state index contributed by atoms with van der Waals surface area (Å²) in [5, 5.41) is 9.94. The highest BCUT2D eigenvalue weighted by atomic mass is 16.2. The molecule has 8 heteroatoms. The molecule has 2 N–H and O–H groups in total. The SMILES string of the molecule is Cc1n[nH]c(C)c1NC(=O)CN1CCCN(c2ncccn2)CC1. The summed E-state index contributed by atoms with van der Waals surface area (Å²) in [6.45, 7) is 7.59. The number of H-pyrrole nitrogens is 1. The van der Waals surface area contributed by atoms with Gasteiger partial charge in [-0.05, 0) is 26.3 Å². The number of amides is 1. The average Bonchev–Trinajstić information content (AvgIpc) is 2.79. The first kappa shape index (κ1) is 16.4. The molecule has 3 rings (SSSR count). The largest absolute Gasteiger partial charge is 0.339 e. The van der Waals surface area contributed by atoms with Crippen LogP contribution in [-0.4, -0.2) is 63.7 Å². The minimum absolute atomic E-state index is 0.00740. The molecular formula is C16H23N7O. The zero-order valence-electron chi connectivity index (χ0n) is 14.1. The van der Waals surface area contributed by atoms with E-state index in [0.29, 0.717) is 6.54 Å². The van der Waals surface area contributed by atoms with E-state index in [4.69, 9.17) is 0 Å². The lowest BCUT2D eigenvalue weighted by Crippen LogP contribution is -2.36. The maximum Gasteiger partial charge on any atom is 0.238 e. The molecule has 2 aromatic rings. The van der Waals surface area contributed by atoms with Crippen molar-refractivity contribution in [1.29, 1.82) is 0 Å². The van der Waals surface area contributed by atoms with Gasteiger partial charge in [0.25, 0.3) is 0 Å². The number of anilines is 2. The van der Waals surface area contributed by atoms with Crippen LogP contribution in [-0.2, 0) is 4.79 Å². The predicted molar refractivity (Wildman–Crippen MR) is 92.0 cm³/mol. The van der Waals surface area contributed by atoms with Gasteiger partial charge in [0.15, 0.2) is 0 Å². The fourth-order valence-corrected chi connectivity index (χ4v) is 2.90. The molecule has 0 bridgehead atoms. The molecule has 128 valence electrons. The molecule has 0 atom stereocenters. The van der Waals surface area contributed by atoms with Gasteiger partial charge in [-0.15, -0.1) is 0 Å². The van der Waals surface area contributed by atoms with Gasteiger partial charge < -0.3 is 10.2 Å². The molecule has 24 heavy (non-hydrogen) atoms. The fourth-order valence-electron chi connectivity index (χ4n) is 2.90. The van der Waals surface area contributed by atoms with Crippen molar-refractivity contribution in [3.8, 4) is 0 Å². The van der Waals surface area contributed by atoms with E-state index in [1.807, 2.05) is 19.9 Å². The number of aromatic nitrogens is 4. The maximum absolute atomic E-state index is 12.3. The van der Waals surface area contributed by atoms with Gasteiger partial charge >= 0.3 is 0 Å². The van der Waals surface area contributed by atoms with Crippen LogP contribution in [0.15, 0.2) is 18.5 Å². The number of aryl methyl sites for hydroxylation is 2. The molecule has 0 radical (unpaired) electrons. The van der Waals surface area contributed by atoms with Crippen molar-refractivity contribution in [2.45, 2.75) is 20.3 Å². The Labute approximate surface area is 141 Å². The highest BCUT2D eigenvalue weighted by Crippen LogP contribution is 2.16. The Morgan fingerprint density at radius 3 is 2.71 bits per heavy atom. The lowest BCUT2D eigenvalue weighted by molar-refractivity contribution is -0.117. The Morgan fingerprint density at radius 1 is 1.21 bits per heavy atom. The van der Waals surface area contributed by atoms with Gasteiger partial charge in [-0.3, -0.25) is 14.8 Å². The molecule has 1 aliphatic heterocycles. The molecule has 0 saturated carbocycles. The summed E-state index contributed by atoms with van der Waals surface area (Å²) in [5.74, 6) is 0.750. The van der Waals surface area contributed by atoms with Crippen molar-refractivity contribution in [2.24, 2.45) is 0 Å². The van der Waals surface area contributed by atoms with Crippen LogP contribution in [0.1, 0.15) is 17.8 Å². The summed E-state index contributed by atoms with van der Waals surface area (Å²) < 4.78 is 0. The van der Waals surface area contributed by atoms with Crippen LogP contribution < -0.4 is 10.2 Å². The highest BCUT2D eigenvalue weighted by Gasteiger charge is 2.19. The summed E-state index contributed by atoms with van der Waals surface area (Å²) in [4.78, 5) is 25.3. The highest BCUT2D eigenvalue weighted by molar-refractivity contribution is 5.93. The van der Waals surface area contributed by atoms with Crippen LogP contribution in [0.5, 0.6) is 0 Å². The van der Waals surface area contributed by atoms with Crippen molar-refractivity contribution < 1.29 is 4.79 Å². The Bertz CT molecular complexity index is 665. The third kappa shape index (κ3) is 3.88. The quantitative estimate of drug-likeness (QED) is 0.869. The van der Waals surface area contributed by atoms with E-state index in [-0.39, 0.29) is 5.91 Å². The molecular weight excluding hydrogens is 306 g/mol. The molecule has 3 heterocycles. The van der Waals surface area contributed by atoms with Crippen LogP contribution in [0.25, 0.3) is 0 Å². The predicted octanol–water partition coefficient (Wildman–Crippen LogP) is 0.967. The number of hydrogen-bond acceptors (Lipinski definition) is 6. The molecule has 0 aliphatic carbocycles. The van der Waals surface area contributed by atoms with E-state index in [2.05, 4.69) is 35.3 Å². The Kier molecular flexibility index (Phi) is 5.05. The van der Waals surface area contributed by atoms with Crippen molar-refractivity contribution >= 4 is 17.5 Å². The van der Waals surface area contributed by atoms with Gasteiger partial charge in [0.2, 0.25) is 11.9 Å². The van der Waals surface area contributed by atoms with Gasteiger partial charge in [0.05, 0.1) is 23.6 Å². The molecule has 1 fully saturated rings. The molecule has 2 aromatic heterocycles. The lowest BCUT2D eigenvalue weighted by atomic mass is 10.3. The second-order valence-corrected chi connectivity index (χ2v) is 6.02. The third-order valence-electron chi connectivity index (χ3n) is 4.18. The van der Waals surface area contributed by atoms with Crippen molar-refractivity contribution in [3.63, 3.8) is 0 Å². The zero-order valence-corrected chi connectivity index (χ0v) is 14.1. The first-order valence-corrected chi connectivity index (χ1v) is 8.19. The maximum atomic E-state index is 12.3. The van der Waals surface area contributed by atoms with E-state index >= 15 is 0 Å². The standard InChI is InChI=1S/C16H23N7O/c1-12-15(13(2)21-20-12)19-14(24)11-22-7-4-8-23(10-9-22)16-17-5-3-6-18-16/h3,5-6H,4,7-11H2,1-2H3,(H,19,24)(H,20,21). The topological polar surface area (TPSA) is 90.0 Å². The number of nitrogens with zero attached hydrogens (tertiary/aromatic N) is 5. The third-order valence-corrected chi connectivity index (χ3v) is 4.18. The van der Waals surface area contributed by atoms with Gasteiger partial charge in [-0.1, -0.05) is 0 Å². The lowest BCUT2D eigenvalue weighted by Gasteiger charge is -2.21. The smallest absolute Gasteiger partial charge is 0.238 e. The van der Waals surface area contributed by atoms with E-state index < -0.39 is 0 Å². The average molecular weight is 329 g/mol. The van der Waals surface area contributed by atoms with Crippen LogP contribution in [0.2, 0.25) is 0 Å². The summed E-state index contributed by atoms with van der Waals surface area (Å²) in [6, 6.07) is 1.82. The van der Waals surface area contributed by atoms with E-state index in [0.717, 1.165) is 55.6 Å². The molecule has 1 aliphatic rings. The number of aromatic amines is 1. The molecule has 0 unspecified atom stereocenters. The first-order chi connectivity index (χ1) is 11.6. The van der Waals surface area contributed by atoms with Gasteiger partial charge in [0, 0.05) is 38.6 Å². The van der Waals surface area contributed by atoms with Crippen LogP contribution in [0.4, 0.5) is 11.6 Å². The van der Waals surface area contributed by atoms with Gasteiger partial charge in [-0.25, -0.2) is 9.97 Å². The van der Waals surface area contributed by atoms with Gasteiger partial charge in [-0.2, -0.15) is 5.10 Å².